The van der Waals surface area contributed by atoms with Gasteiger partial charge in [-0.25, -0.2) is 14.5 Å². The Morgan fingerprint density at radius 2 is 2.00 bits per heavy atom. The van der Waals surface area contributed by atoms with E-state index in [1.165, 1.54) is 7.05 Å². The van der Waals surface area contributed by atoms with Crippen molar-refractivity contribution in [2.24, 2.45) is 0 Å². The Hall–Kier alpha value is -4.08. The Kier molecular flexibility index (Phi) is 6.03. The molecule has 3 aliphatic rings. The molecule has 0 saturated carbocycles. The molecule has 0 bridgehead atoms. The van der Waals surface area contributed by atoms with Crippen molar-refractivity contribution >= 4 is 29.6 Å². The van der Waals surface area contributed by atoms with Crippen molar-refractivity contribution in [2.45, 2.75) is 37.3 Å². The van der Waals surface area contributed by atoms with Gasteiger partial charge in [0.05, 0.1) is 13.2 Å². The van der Waals surface area contributed by atoms with Crippen LogP contribution in [0.3, 0.4) is 0 Å². The number of methoxy groups -OCH3 is 1. The fourth-order valence-electron chi connectivity index (χ4n) is 5.48. The first-order chi connectivity index (χ1) is 17.4. The number of anilines is 1. The Labute approximate surface area is 208 Å². The zero-order valence-electron chi connectivity index (χ0n) is 20.2. The Balaban J connectivity index is 1.34. The minimum absolute atomic E-state index is 0.185. The van der Waals surface area contributed by atoms with Gasteiger partial charge in [0.15, 0.2) is 0 Å². The maximum Gasteiger partial charge on any atom is 0.418 e. The summed E-state index contributed by atoms with van der Waals surface area (Å²) in [6.45, 7) is 0.157. The number of ether oxygens (including phenoxy) is 2. The summed E-state index contributed by atoms with van der Waals surface area (Å²) in [5, 5.41) is 5.19. The number of amides is 5. The van der Waals surface area contributed by atoms with Crippen LogP contribution >= 0.6 is 0 Å². The lowest BCUT2D eigenvalue weighted by molar-refractivity contribution is -0.142. The lowest BCUT2D eigenvalue weighted by atomic mass is 9.94. The fourth-order valence-corrected chi connectivity index (χ4v) is 5.48. The number of imide groups is 1. The van der Waals surface area contributed by atoms with Gasteiger partial charge in [0, 0.05) is 36.8 Å². The molecule has 2 aromatic rings. The summed E-state index contributed by atoms with van der Waals surface area (Å²) in [5.74, 6) is -0.139. The number of rotatable bonds is 5. The van der Waals surface area contributed by atoms with Gasteiger partial charge in [-0.3, -0.25) is 9.59 Å². The van der Waals surface area contributed by atoms with Crippen molar-refractivity contribution in [1.29, 1.82) is 0 Å². The van der Waals surface area contributed by atoms with Gasteiger partial charge in [0.2, 0.25) is 11.5 Å². The third-order valence-corrected chi connectivity index (χ3v) is 7.21. The van der Waals surface area contributed by atoms with Crippen LogP contribution in [0.5, 0.6) is 5.75 Å². The Morgan fingerprint density at radius 1 is 1.19 bits per heavy atom. The topological polar surface area (TPSA) is 117 Å². The largest absolute Gasteiger partial charge is 0.496 e. The van der Waals surface area contributed by atoms with Gasteiger partial charge in [-0.1, -0.05) is 24.3 Å². The average Bonchev–Trinajstić information content (AvgIpc) is 3.57. The number of aryl methyl sites for hydroxylation is 1. The highest BCUT2D eigenvalue weighted by molar-refractivity contribution is 6.06. The van der Waals surface area contributed by atoms with Crippen LogP contribution in [0, 0.1) is 0 Å². The number of carbonyl (C=O) groups is 4. The van der Waals surface area contributed by atoms with E-state index >= 15 is 0 Å². The number of hydrogen-bond acceptors (Lipinski definition) is 6. The minimum atomic E-state index is -1.44. The van der Waals surface area contributed by atoms with Crippen LogP contribution in [-0.2, 0) is 26.3 Å². The third-order valence-electron chi connectivity index (χ3n) is 7.21. The molecule has 2 heterocycles. The molecule has 2 aliphatic heterocycles. The molecule has 2 saturated heterocycles. The number of nitrogens with one attached hydrogen (secondary N) is 2. The predicted molar refractivity (Wildman–Crippen MR) is 129 cm³/mol. The summed E-state index contributed by atoms with van der Waals surface area (Å²) in [5.41, 5.74) is 1.44. The number of para-hydroxylation sites is 1. The monoisotopic (exact) mass is 492 g/mol. The number of carbonyl (C=O) groups excluding carboxylic acids is 4. The smallest absolute Gasteiger partial charge is 0.418 e. The Bertz CT molecular complexity index is 1250. The van der Waals surface area contributed by atoms with Gasteiger partial charge in [-0.05, 0) is 43.0 Å². The molecule has 10 nitrogen and oxygen atoms in total. The minimum Gasteiger partial charge on any atom is -0.496 e. The van der Waals surface area contributed by atoms with Gasteiger partial charge in [-0.15, -0.1) is 0 Å². The predicted octanol–water partition coefficient (Wildman–Crippen LogP) is 2.93. The summed E-state index contributed by atoms with van der Waals surface area (Å²) in [6.07, 6.45) is 1.56. The highest BCUT2D eigenvalue weighted by Gasteiger charge is 2.58. The molecule has 10 heteroatoms. The zero-order chi connectivity index (χ0) is 25.4. The van der Waals surface area contributed by atoms with Crippen LogP contribution in [0.4, 0.5) is 15.3 Å². The Morgan fingerprint density at radius 3 is 2.78 bits per heavy atom. The maximum atomic E-state index is 13.5. The van der Waals surface area contributed by atoms with E-state index in [-0.39, 0.29) is 30.9 Å². The van der Waals surface area contributed by atoms with Crippen molar-refractivity contribution in [1.82, 2.24) is 15.1 Å². The van der Waals surface area contributed by atoms with Crippen molar-refractivity contribution < 1.29 is 28.7 Å². The van der Waals surface area contributed by atoms with Crippen LogP contribution in [0.2, 0.25) is 0 Å². The summed E-state index contributed by atoms with van der Waals surface area (Å²) >= 11 is 0. The van der Waals surface area contributed by atoms with Crippen molar-refractivity contribution in [3.05, 3.63) is 59.2 Å². The average molecular weight is 493 g/mol. The van der Waals surface area contributed by atoms with Crippen LogP contribution in [0.25, 0.3) is 0 Å². The van der Waals surface area contributed by atoms with Crippen LogP contribution in [0.15, 0.2) is 42.5 Å². The molecule has 2 N–H and O–H groups in total. The lowest BCUT2D eigenvalue weighted by Crippen LogP contribution is -2.44. The summed E-state index contributed by atoms with van der Waals surface area (Å²) in [7, 11) is 3.11. The highest BCUT2D eigenvalue weighted by atomic mass is 16.6. The van der Waals surface area contributed by atoms with Gasteiger partial charge < -0.3 is 25.0 Å². The van der Waals surface area contributed by atoms with E-state index < -0.39 is 17.6 Å². The van der Waals surface area contributed by atoms with Gasteiger partial charge in [0.25, 0.3) is 5.91 Å². The quantitative estimate of drug-likeness (QED) is 0.663. The highest BCUT2D eigenvalue weighted by Crippen LogP contribution is 2.46. The second-order valence-corrected chi connectivity index (χ2v) is 9.15. The molecule has 2 atom stereocenters. The molecule has 5 amide bonds. The normalized spacial score (nSPS) is 22.6. The number of fused-ring (bicyclic) bond motifs is 2. The molecule has 2 fully saturated rings. The number of hydrogen-bond donors (Lipinski definition) is 2. The van der Waals surface area contributed by atoms with E-state index in [1.54, 1.807) is 30.2 Å². The first kappa shape index (κ1) is 23.7. The molecule has 188 valence electrons. The van der Waals surface area contributed by atoms with Crippen LogP contribution in [0.1, 0.15) is 42.0 Å². The number of benzene rings is 2. The third kappa shape index (κ3) is 3.82. The molecule has 5 rings (SSSR count). The second kappa shape index (κ2) is 9.18. The number of nitrogens with zero attached hydrogens (tertiary/aromatic N) is 2. The standard InChI is InChI=1S/C26H28N4O6/c1-27-24(33)28-17-9-10-19-16(14-17)11-12-26(19)23(32)30(25(34)36-26)15-22(31)29-13-5-7-20(29)18-6-3-4-8-21(18)35-2/h3-4,6,8-10,14,20H,5,7,11-13,15H2,1-2H3,(H2,27,28,33)/t20-,26?/m1/s1. The molecule has 36 heavy (non-hydrogen) atoms. The number of likely N-dealkylation sites (tertiary alicyclic amines) is 1. The van der Waals surface area contributed by atoms with Crippen LogP contribution < -0.4 is 15.4 Å². The van der Waals surface area contributed by atoms with Crippen LogP contribution in [-0.4, -0.2) is 61.0 Å². The van der Waals surface area contributed by atoms with E-state index in [0.29, 0.717) is 30.0 Å². The molecule has 0 aromatic heterocycles. The van der Waals surface area contributed by atoms with Gasteiger partial charge >= 0.3 is 12.1 Å². The SMILES string of the molecule is CNC(=O)Nc1ccc2c(c1)CCC21OC(=O)N(CC(=O)N2CCC[C@@H]2c2ccccc2OC)C1=O. The van der Waals surface area contributed by atoms with Crippen molar-refractivity contribution in [3.63, 3.8) is 0 Å². The molecule has 1 aliphatic carbocycles. The van der Waals surface area contributed by atoms with E-state index in [1.807, 2.05) is 24.3 Å². The van der Waals surface area contributed by atoms with E-state index in [2.05, 4.69) is 10.6 Å². The van der Waals surface area contributed by atoms with Gasteiger partial charge in [-0.2, -0.15) is 0 Å². The molecular weight excluding hydrogens is 464 g/mol. The summed E-state index contributed by atoms with van der Waals surface area (Å²) < 4.78 is 11.1. The number of urea groups is 1. The maximum absolute atomic E-state index is 13.5. The molecule has 0 radical (unpaired) electrons. The van der Waals surface area contributed by atoms with Crippen molar-refractivity contribution in [2.75, 3.05) is 32.6 Å². The van der Waals surface area contributed by atoms with E-state index in [9.17, 15) is 19.2 Å². The molecule has 1 unspecified atom stereocenters. The zero-order valence-corrected chi connectivity index (χ0v) is 20.2. The molecule has 1 spiro atoms. The van der Waals surface area contributed by atoms with E-state index in [4.69, 9.17) is 9.47 Å². The van der Waals surface area contributed by atoms with E-state index in [0.717, 1.165) is 28.9 Å². The first-order valence-corrected chi connectivity index (χ1v) is 12.0. The molecule has 2 aromatic carbocycles. The molecular formula is C26H28N4O6. The summed E-state index contributed by atoms with van der Waals surface area (Å²) in [6, 6.07) is 12.2. The fraction of sp³-hybridized carbons (Fsp3) is 0.385. The second-order valence-electron chi connectivity index (χ2n) is 9.15. The summed E-state index contributed by atoms with van der Waals surface area (Å²) in [4.78, 5) is 54.0. The van der Waals surface area contributed by atoms with Crippen molar-refractivity contribution in [3.8, 4) is 5.75 Å². The van der Waals surface area contributed by atoms with Gasteiger partial charge in [0.1, 0.15) is 12.3 Å². The lowest BCUT2D eigenvalue weighted by Gasteiger charge is -2.27. The first-order valence-electron chi connectivity index (χ1n) is 12.0.